The van der Waals surface area contributed by atoms with Crippen molar-refractivity contribution < 1.29 is 14.4 Å². The number of carbonyl (C=O) groups is 3. The fourth-order valence-corrected chi connectivity index (χ4v) is 4.00. The summed E-state index contributed by atoms with van der Waals surface area (Å²) in [6, 6.07) is 19.4. The van der Waals surface area contributed by atoms with Crippen LogP contribution < -0.4 is 10.6 Å². The number of benzene rings is 2. The molecule has 1 atom stereocenters. The normalized spacial score (nSPS) is 11.4. The van der Waals surface area contributed by atoms with Crippen molar-refractivity contribution in [2.75, 3.05) is 19.8 Å². The summed E-state index contributed by atoms with van der Waals surface area (Å²) in [5, 5.41) is 5.49. The first-order valence-electron chi connectivity index (χ1n) is 12.8. The van der Waals surface area contributed by atoms with Crippen LogP contribution in [0.5, 0.6) is 0 Å². The number of unbranched alkanes of at least 4 members (excludes halogenated alkanes) is 2. The van der Waals surface area contributed by atoms with Crippen molar-refractivity contribution in [2.24, 2.45) is 5.92 Å². The summed E-state index contributed by atoms with van der Waals surface area (Å²) in [6.45, 7) is 2.95. The molecule has 3 amide bonds. The van der Waals surface area contributed by atoms with Crippen LogP contribution >= 0.6 is 0 Å². The van der Waals surface area contributed by atoms with Gasteiger partial charge < -0.3 is 15.5 Å². The fraction of sp³-hybridized carbons (Fsp3) is 0.345. The summed E-state index contributed by atoms with van der Waals surface area (Å²) in [7, 11) is 0. The maximum absolute atomic E-state index is 13.0. The number of hydrogen-bond donors (Lipinski definition) is 2. The highest BCUT2D eigenvalue weighted by molar-refractivity contribution is 5.92. The van der Waals surface area contributed by atoms with Gasteiger partial charge in [0.1, 0.15) is 5.69 Å². The fourth-order valence-electron chi connectivity index (χ4n) is 4.00. The number of hydrogen-bond acceptors (Lipinski definition) is 5. The van der Waals surface area contributed by atoms with Gasteiger partial charge in [0.2, 0.25) is 12.3 Å². The second-order valence-corrected chi connectivity index (χ2v) is 8.91. The van der Waals surface area contributed by atoms with Crippen LogP contribution in [0.4, 0.5) is 0 Å². The first-order valence-corrected chi connectivity index (χ1v) is 12.8. The SMILES string of the molecule is CCCCCC(CN(C=O)CCc1ccccc1)C(=O)NCNC(=O)c1cncc(-c2ccccc2)n1. The van der Waals surface area contributed by atoms with Crippen LogP contribution in [0.2, 0.25) is 0 Å². The summed E-state index contributed by atoms with van der Waals surface area (Å²) in [4.78, 5) is 47.5. The maximum Gasteiger partial charge on any atom is 0.272 e. The Bertz CT molecular complexity index is 1120. The van der Waals surface area contributed by atoms with E-state index in [1.807, 2.05) is 60.7 Å². The quantitative estimate of drug-likeness (QED) is 0.187. The minimum atomic E-state index is -0.425. The topological polar surface area (TPSA) is 104 Å². The molecule has 2 N–H and O–H groups in total. The Labute approximate surface area is 218 Å². The Kier molecular flexibility index (Phi) is 11.3. The van der Waals surface area contributed by atoms with Crippen LogP contribution in [0, 0.1) is 5.92 Å². The zero-order chi connectivity index (χ0) is 26.3. The third kappa shape index (κ3) is 9.14. The molecule has 0 fully saturated rings. The Morgan fingerprint density at radius 1 is 0.973 bits per heavy atom. The van der Waals surface area contributed by atoms with Crippen molar-refractivity contribution in [3.05, 3.63) is 84.3 Å². The van der Waals surface area contributed by atoms with E-state index in [1.165, 1.54) is 6.20 Å². The van der Waals surface area contributed by atoms with Crippen LogP contribution in [0.25, 0.3) is 11.3 Å². The molecule has 0 aliphatic rings. The van der Waals surface area contributed by atoms with Gasteiger partial charge in [0.25, 0.3) is 5.91 Å². The van der Waals surface area contributed by atoms with Crippen molar-refractivity contribution in [1.82, 2.24) is 25.5 Å². The number of rotatable bonds is 15. The van der Waals surface area contributed by atoms with Crippen LogP contribution in [-0.4, -0.2) is 52.9 Å². The molecule has 0 spiro atoms. The van der Waals surface area contributed by atoms with E-state index in [0.29, 0.717) is 25.2 Å². The van der Waals surface area contributed by atoms with Gasteiger partial charge in [-0.1, -0.05) is 86.8 Å². The van der Waals surface area contributed by atoms with E-state index in [9.17, 15) is 14.4 Å². The Balaban J connectivity index is 1.53. The monoisotopic (exact) mass is 501 g/mol. The number of aromatic nitrogens is 2. The van der Waals surface area contributed by atoms with Crippen LogP contribution in [0.15, 0.2) is 73.1 Å². The van der Waals surface area contributed by atoms with E-state index in [0.717, 1.165) is 43.2 Å². The summed E-state index contributed by atoms with van der Waals surface area (Å²) in [6.07, 6.45) is 8.16. The van der Waals surface area contributed by atoms with Crippen molar-refractivity contribution in [1.29, 1.82) is 0 Å². The highest BCUT2D eigenvalue weighted by Gasteiger charge is 2.21. The van der Waals surface area contributed by atoms with E-state index in [4.69, 9.17) is 0 Å². The number of carbonyl (C=O) groups excluding carboxylic acids is 3. The molecule has 8 heteroatoms. The third-order valence-electron chi connectivity index (χ3n) is 6.11. The summed E-state index contributed by atoms with van der Waals surface area (Å²) in [5.74, 6) is -0.969. The van der Waals surface area contributed by atoms with Crippen LogP contribution in [0.1, 0.15) is 48.7 Å². The van der Waals surface area contributed by atoms with Gasteiger partial charge in [0, 0.05) is 18.7 Å². The molecule has 1 heterocycles. The van der Waals surface area contributed by atoms with E-state index >= 15 is 0 Å². The molecule has 3 rings (SSSR count). The van der Waals surface area contributed by atoms with Crippen molar-refractivity contribution in [3.8, 4) is 11.3 Å². The van der Waals surface area contributed by atoms with Gasteiger partial charge in [0.15, 0.2) is 0 Å². The minimum absolute atomic E-state index is 0.0374. The molecule has 37 heavy (non-hydrogen) atoms. The third-order valence-corrected chi connectivity index (χ3v) is 6.11. The van der Waals surface area contributed by atoms with Gasteiger partial charge in [-0.15, -0.1) is 0 Å². The average Bonchev–Trinajstić information content (AvgIpc) is 2.95. The van der Waals surface area contributed by atoms with Gasteiger partial charge in [0.05, 0.1) is 30.7 Å². The zero-order valence-corrected chi connectivity index (χ0v) is 21.3. The molecule has 2 aromatic carbocycles. The molecule has 1 unspecified atom stereocenters. The van der Waals surface area contributed by atoms with E-state index < -0.39 is 5.91 Å². The Hall–Kier alpha value is -4.07. The lowest BCUT2D eigenvalue weighted by molar-refractivity contribution is -0.127. The van der Waals surface area contributed by atoms with Crippen molar-refractivity contribution in [2.45, 2.75) is 39.0 Å². The first kappa shape index (κ1) is 27.5. The zero-order valence-electron chi connectivity index (χ0n) is 21.3. The summed E-state index contributed by atoms with van der Waals surface area (Å²) >= 11 is 0. The summed E-state index contributed by atoms with van der Waals surface area (Å²) in [5.41, 5.74) is 2.77. The largest absolute Gasteiger partial charge is 0.344 e. The second-order valence-electron chi connectivity index (χ2n) is 8.91. The molecule has 3 aromatic rings. The number of nitrogens with zero attached hydrogens (tertiary/aromatic N) is 3. The lowest BCUT2D eigenvalue weighted by Crippen LogP contribution is -2.43. The molecule has 0 radical (unpaired) electrons. The van der Waals surface area contributed by atoms with Crippen LogP contribution in [0.3, 0.4) is 0 Å². The Morgan fingerprint density at radius 3 is 2.41 bits per heavy atom. The van der Waals surface area contributed by atoms with E-state index in [1.54, 1.807) is 11.1 Å². The molecule has 194 valence electrons. The van der Waals surface area contributed by atoms with Gasteiger partial charge in [-0.3, -0.25) is 19.4 Å². The molecule has 0 aliphatic carbocycles. The number of nitrogens with one attached hydrogen (secondary N) is 2. The average molecular weight is 502 g/mol. The predicted octanol–water partition coefficient (Wildman–Crippen LogP) is 3.84. The van der Waals surface area contributed by atoms with Crippen LogP contribution in [-0.2, 0) is 16.0 Å². The van der Waals surface area contributed by atoms with Gasteiger partial charge in [-0.25, -0.2) is 4.98 Å². The van der Waals surface area contributed by atoms with Gasteiger partial charge in [-0.05, 0) is 18.4 Å². The molecule has 0 bridgehead atoms. The lowest BCUT2D eigenvalue weighted by atomic mass is 9.99. The molecule has 1 aromatic heterocycles. The molecular weight excluding hydrogens is 466 g/mol. The standard InChI is InChI=1S/C29H35N5O3/c1-2-3-6-15-25(20-34(22-35)17-16-23-11-7-4-8-12-23)28(36)31-21-32-29(37)27-19-30-18-26(33-27)24-13-9-5-10-14-24/h4-5,7-14,18-19,22,25H,2-3,6,15-17,20-21H2,1H3,(H,31,36)(H,32,37). The van der Waals surface area contributed by atoms with Gasteiger partial charge >= 0.3 is 0 Å². The second kappa shape index (κ2) is 15.1. The molecular formula is C29H35N5O3. The number of amides is 3. The van der Waals surface area contributed by atoms with Gasteiger partial charge in [-0.2, -0.15) is 0 Å². The molecule has 0 saturated heterocycles. The predicted molar refractivity (Wildman–Crippen MR) is 143 cm³/mol. The first-order chi connectivity index (χ1) is 18.1. The molecule has 8 nitrogen and oxygen atoms in total. The maximum atomic E-state index is 13.0. The highest BCUT2D eigenvalue weighted by atomic mass is 16.2. The van der Waals surface area contributed by atoms with Crippen molar-refractivity contribution >= 4 is 18.2 Å². The highest BCUT2D eigenvalue weighted by Crippen LogP contribution is 2.15. The smallest absolute Gasteiger partial charge is 0.272 e. The summed E-state index contributed by atoms with van der Waals surface area (Å²) < 4.78 is 0. The molecule has 0 saturated carbocycles. The Morgan fingerprint density at radius 2 is 1.70 bits per heavy atom. The minimum Gasteiger partial charge on any atom is -0.344 e. The molecule has 0 aliphatic heterocycles. The lowest BCUT2D eigenvalue weighted by Gasteiger charge is -2.24. The van der Waals surface area contributed by atoms with E-state index in [2.05, 4.69) is 27.5 Å². The van der Waals surface area contributed by atoms with E-state index in [-0.39, 0.29) is 24.2 Å². The van der Waals surface area contributed by atoms with Crippen molar-refractivity contribution in [3.63, 3.8) is 0 Å².